The van der Waals surface area contributed by atoms with Crippen LogP contribution in [0.25, 0.3) is 0 Å². The predicted molar refractivity (Wildman–Crippen MR) is 153 cm³/mol. The van der Waals surface area contributed by atoms with E-state index in [9.17, 15) is 19.5 Å². The first-order valence-electron chi connectivity index (χ1n) is 13.2. The molecule has 3 aliphatic heterocycles. The van der Waals surface area contributed by atoms with Crippen molar-refractivity contribution < 1.29 is 19.5 Å². The third-order valence-corrected chi connectivity index (χ3v) is 10.9. The number of halogens is 1. The SMILES string of the molecule is C=CCN(C)C(=O)[C@H]1[C@H]2C(=O)N([C@@H](CC)CO)C(C(=O)N(CC=C)c3c(C)cccc3Cl)C23CC[C@]1(C)S3. The van der Waals surface area contributed by atoms with E-state index < -0.39 is 33.4 Å². The third-order valence-electron chi connectivity index (χ3n) is 8.61. The van der Waals surface area contributed by atoms with Crippen LogP contribution in [0, 0.1) is 18.8 Å². The molecular formula is C29H38ClN3O4S. The van der Waals surface area contributed by atoms with Crippen molar-refractivity contribution in [3.8, 4) is 0 Å². The van der Waals surface area contributed by atoms with Crippen LogP contribution < -0.4 is 4.90 Å². The average molecular weight is 560 g/mol. The number of anilines is 1. The molecule has 206 valence electrons. The maximum atomic E-state index is 14.7. The zero-order chi connectivity index (χ0) is 28.0. The summed E-state index contributed by atoms with van der Waals surface area (Å²) in [6, 6.07) is 4.09. The van der Waals surface area contributed by atoms with Crippen LogP contribution in [0.3, 0.4) is 0 Å². The van der Waals surface area contributed by atoms with E-state index in [-0.39, 0.29) is 30.9 Å². The van der Waals surface area contributed by atoms with E-state index in [4.69, 9.17) is 11.6 Å². The van der Waals surface area contributed by atoms with Crippen molar-refractivity contribution in [3.05, 3.63) is 54.1 Å². The van der Waals surface area contributed by atoms with Crippen LogP contribution in [0.15, 0.2) is 43.5 Å². The lowest BCUT2D eigenvalue weighted by Crippen LogP contribution is -2.57. The molecule has 0 aliphatic carbocycles. The van der Waals surface area contributed by atoms with Gasteiger partial charge in [-0.05, 0) is 44.7 Å². The Hall–Kier alpha value is -2.29. The van der Waals surface area contributed by atoms with Crippen LogP contribution in [0.5, 0.6) is 0 Å². The molecule has 4 rings (SSSR count). The van der Waals surface area contributed by atoms with Crippen molar-refractivity contribution in [1.82, 2.24) is 9.80 Å². The summed E-state index contributed by atoms with van der Waals surface area (Å²) in [5.74, 6) is -1.80. The standard InChI is InChI=1S/C29H38ClN3O4S/c1-7-15-31(6)25(35)21-22-26(36)33(19(9-3)17-34)24(29(22)14-13-28(21,5)38-29)27(37)32(16-8-2)23-18(4)11-10-12-20(23)30/h7-8,10-12,19,21-22,24,34H,1-2,9,13-17H2,3-6H3/t19-,21+,22-,24?,28-,29?/m0/s1. The van der Waals surface area contributed by atoms with Crippen LogP contribution in [0.2, 0.25) is 5.02 Å². The van der Waals surface area contributed by atoms with Gasteiger partial charge >= 0.3 is 0 Å². The fourth-order valence-corrected chi connectivity index (χ4v) is 9.53. The number of aliphatic hydroxyl groups is 1. The van der Waals surface area contributed by atoms with Gasteiger partial charge in [-0.3, -0.25) is 14.4 Å². The highest BCUT2D eigenvalue weighted by atomic mass is 35.5. The Morgan fingerprint density at radius 3 is 2.53 bits per heavy atom. The van der Waals surface area contributed by atoms with E-state index in [1.165, 1.54) is 0 Å². The Labute approximate surface area is 234 Å². The molecule has 3 saturated heterocycles. The molecule has 3 aliphatic rings. The third kappa shape index (κ3) is 4.20. The van der Waals surface area contributed by atoms with Gasteiger partial charge in [-0.15, -0.1) is 24.9 Å². The number of fused-ring (bicyclic) bond motifs is 1. The van der Waals surface area contributed by atoms with Crippen LogP contribution in [0.4, 0.5) is 5.69 Å². The Morgan fingerprint density at radius 1 is 1.26 bits per heavy atom. The molecule has 1 aromatic carbocycles. The number of aryl methyl sites for hydroxylation is 1. The molecule has 1 aromatic rings. The van der Waals surface area contributed by atoms with Gasteiger partial charge in [-0.2, -0.15) is 0 Å². The lowest BCUT2D eigenvalue weighted by molar-refractivity contribution is -0.145. The number of rotatable bonds is 10. The van der Waals surface area contributed by atoms with E-state index >= 15 is 0 Å². The minimum Gasteiger partial charge on any atom is -0.394 e. The molecule has 3 fully saturated rings. The van der Waals surface area contributed by atoms with Crippen molar-refractivity contribution in [2.24, 2.45) is 11.8 Å². The van der Waals surface area contributed by atoms with E-state index in [0.717, 1.165) is 12.0 Å². The Kier molecular flexibility index (Phi) is 8.09. The zero-order valence-corrected chi connectivity index (χ0v) is 24.2. The summed E-state index contributed by atoms with van der Waals surface area (Å²) in [7, 11) is 1.73. The van der Waals surface area contributed by atoms with Gasteiger partial charge in [-0.1, -0.05) is 42.8 Å². The van der Waals surface area contributed by atoms with Gasteiger partial charge < -0.3 is 19.8 Å². The lowest BCUT2D eigenvalue weighted by atomic mass is 9.66. The van der Waals surface area contributed by atoms with Gasteiger partial charge in [0, 0.05) is 24.9 Å². The highest BCUT2D eigenvalue weighted by Gasteiger charge is 2.78. The summed E-state index contributed by atoms with van der Waals surface area (Å²) < 4.78 is -1.25. The molecular weight excluding hydrogens is 522 g/mol. The second-order valence-corrected chi connectivity index (χ2v) is 13.2. The Bertz CT molecular complexity index is 1140. The molecule has 6 atom stereocenters. The Balaban J connectivity index is 1.88. The number of carbonyl (C=O) groups excluding carboxylic acids is 3. The van der Waals surface area contributed by atoms with Crippen molar-refractivity contribution in [1.29, 1.82) is 0 Å². The molecule has 0 aromatic heterocycles. The molecule has 0 radical (unpaired) electrons. The number of likely N-dealkylation sites (tertiary alicyclic amines) is 1. The summed E-state index contributed by atoms with van der Waals surface area (Å²) in [5.41, 5.74) is 1.42. The second kappa shape index (κ2) is 10.7. The fourth-order valence-electron chi connectivity index (χ4n) is 6.88. The molecule has 38 heavy (non-hydrogen) atoms. The number of aliphatic hydroxyl groups excluding tert-OH is 1. The minimum atomic E-state index is -0.845. The number of nitrogens with zero attached hydrogens (tertiary/aromatic N) is 3. The molecule has 1 N–H and O–H groups in total. The molecule has 3 amide bonds. The van der Waals surface area contributed by atoms with Gasteiger partial charge in [0.15, 0.2) is 0 Å². The number of amides is 3. The molecule has 2 unspecified atom stereocenters. The highest BCUT2D eigenvalue weighted by molar-refractivity contribution is 8.02. The first kappa shape index (κ1) is 28.7. The number of hydrogen-bond acceptors (Lipinski definition) is 5. The van der Waals surface area contributed by atoms with Crippen LogP contribution in [0.1, 0.15) is 38.7 Å². The quantitative estimate of drug-likeness (QED) is 0.437. The number of hydrogen-bond donors (Lipinski definition) is 1. The normalized spacial score (nSPS) is 30.2. The summed E-state index contributed by atoms with van der Waals surface area (Å²) in [4.78, 5) is 47.6. The van der Waals surface area contributed by atoms with Gasteiger partial charge in [0.05, 0.1) is 39.9 Å². The largest absolute Gasteiger partial charge is 0.394 e. The number of benzene rings is 1. The van der Waals surface area contributed by atoms with Gasteiger partial charge in [0.1, 0.15) is 6.04 Å². The van der Waals surface area contributed by atoms with Gasteiger partial charge in [0.2, 0.25) is 11.8 Å². The molecule has 1 spiro atoms. The average Bonchev–Trinajstić information content (AvgIpc) is 3.44. The molecule has 2 bridgehead atoms. The second-order valence-electron chi connectivity index (χ2n) is 10.9. The smallest absolute Gasteiger partial charge is 0.251 e. The lowest BCUT2D eigenvalue weighted by Gasteiger charge is -2.40. The maximum Gasteiger partial charge on any atom is 0.251 e. The summed E-state index contributed by atoms with van der Waals surface area (Å²) in [6.45, 7) is 13.8. The number of thioether (sulfide) groups is 1. The molecule has 7 nitrogen and oxygen atoms in total. The van der Waals surface area contributed by atoms with Crippen molar-refractivity contribution >= 4 is 46.8 Å². The van der Waals surface area contributed by atoms with Crippen molar-refractivity contribution in [2.75, 3.05) is 31.6 Å². The zero-order valence-electron chi connectivity index (χ0n) is 22.7. The monoisotopic (exact) mass is 559 g/mol. The highest BCUT2D eigenvalue weighted by Crippen LogP contribution is 2.72. The summed E-state index contributed by atoms with van der Waals surface area (Å²) in [5, 5.41) is 10.8. The van der Waals surface area contributed by atoms with E-state index in [1.807, 2.05) is 26.0 Å². The van der Waals surface area contributed by atoms with Gasteiger partial charge in [0.25, 0.3) is 5.91 Å². The molecule has 0 saturated carbocycles. The topological polar surface area (TPSA) is 81.2 Å². The van der Waals surface area contributed by atoms with Crippen LogP contribution in [-0.2, 0) is 14.4 Å². The Morgan fingerprint density at radius 2 is 1.95 bits per heavy atom. The van der Waals surface area contributed by atoms with E-state index in [0.29, 0.717) is 30.1 Å². The predicted octanol–water partition coefficient (Wildman–Crippen LogP) is 4.06. The summed E-state index contributed by atoms with van der Waals surface area (Å²) >= 11 is 8.24. The first-order chi connectivity index (χ1) is 18.0. The summed E-state index contributed by atoms with van der Waals surface area (Å²) in [6.07, 6.45) is 5.16. The maximum absolute atomic E-state index is 14.7. The number of likely N-dealkylation sites (N-methyl/N-ethyl adjacent to an activating group) is 1. The van der Waals surface area contributed by atoms with Gasteiger partial charge in [-0.25, -0.2) is 0 Å². The first-order valence-corrected chi connectivity index (χ1v) is 14.4. The molecule has 3 heterocycles. The van der Waals surface area contributed by atoms with Crippen LogP contribution in [-0.4, -0.2) is 80.9 Å². The van der Waals surface area contributed by atoms with Crippen molar-refractivity contribution in [3.63, 3.8) is 0 Å². The van der Waals surface area contributed by atoms with E-state index in [2.05, 4.69) is 20.1 Å². The fraction of sp³-hybridized carbons (Fsp3) is 0.552. The number of para-hydroxylation sites is 1. The molecule has 9 heteroatoms. The van der Waals surface area contributed by atoms with E-state index in [1.54, 1.807) is 51.7 Å². The van der Waals surface area contributed by atoms with Crippen LogP contribution >= 0.6 is 23.4 Å². The number of carbonyl (C=O) groups is 3. The van der Waals surface area contributed by atoms with Crippen molar-refractivity contribution in [2.45, 2.75) is 61.6 Å². The minimum absolute atomic E-state index is 0.102.